The Morgan fingerprint density at radius 1 is 1.05 bits per heavy atom. The zero-order valence-electron chi connectivity index (χ0n) is 14.2. The van der Waals surface area contributed by atoms with Gasteiger partial charge in [0.1, 0.15) is 0 Å². The van der Waals surface area contributed by atoms with Crippen molar-refractivity contribution >= 4 is 15.0 Å². The van der Waals surface area contributed by atoms with E-state index in [1.54, 1.807) is 0 Å². The maximum Gasteiger partial charge on any atom is 3.00 e. The van der Waals surface area contributed by atoms with Crippen molar-refractivity contribution in [2.24, 2.45) is 0 Å². The Balaban J connectivity index is 0. The Morgan fingerprint density at radius 2 is 1.59 bits per heavy atom. The molecule has 0 heterocycles. The van der Waals surface area contributed by atoms with Crippen molar-refractivity contribution in [1.82, 2.24) is 0 Å². The molecule has 0 aromatic rings. The first-order chi connectivity index (χ1) is 8.76. The zero-order valence-corrected chi connectivity index (χ0v) is 19.6. The molecule has 2 aliphatic rings. The number of hydrogen-bond donors (Lipinski definition) is 0. The summed E-state index contributed by atoms with van der Waals surface area (Å²) in [6, 6.07) is 0.219. The molecule has 22 heavy (non-hydrogen) atoms. The molecule has 5 heteroatoms. The summed E-state index contributed by atoms with van der Waals surface area (Å²) in [4.78, 5) is 0. The number of hydrogen-bond acceptors (Lipinski definition) is 0. The Hall–Kier alpha value is 0.470. The Labute approximate surface area is 169 Å². The molecule has 2 atom stereocenters. The van der Waals surface area contributed by atoms with Crippen LogP contribution in [-0.4, -0.2) is 26.6 Å². The number of halogens is 2. The second-order valence-electron chi connectivity index (χ2n) is 5.99. The van der Waals surface area contributed by atoms with Crippen LogP contribution in [0.1, 0.15) is 41.5 Å². The van der Waals surface area contributed by atoms with E-state index in [-0.39, 0.29) is 62.6 Å². The van der Waals surface area contributed by atoms with Crippen LogP contribution in [0.5, 0.6) is 0 Å². The molecule has 1 nitrogen and oxygen atoms in total. The van der Waals surface area contributed by atoms with Gasteiger partial charge in [-0.3, -0.25) is 0 Å². The third-order valence-electron chi connectivity index (χ3n) is 4.78. The van der Waals surface area contributed by atoms with E-state index in [1.807, 2.05) is 9.85 Å². The molecule has 0 saturated heterocycles. The van der Waals surface area contributed by atoms with Crippen molar-refractivity contribution in [3.8, 4) is 0 Å². The second kappa shape index (κ2) is 9.08. The van der Waals surface area contributed by atoms with Gasteiger partial charge in [-0.05, 0) is 50.0 Å². The van der Waals surface area contributed by atoms with Gasteiger partial charge in [0, 0.05) is 0 Å². The zero-order chi connectivity index (χ0) is 14.4. The fourth-order valence-electron chi connectivity index (χ4n) is 2.81. The predicted molar refractivity (Wildman–Crippen MR) is 88.7 cm³/mol. The molecule has 0 spiro atoms. The number of nitrogens with zero attached hydrogens (tertiary/aromatic N) is 1. The van der Waals surface area contributed by atoms with Crippen LogP contribution in [-0.2, 0) is 26.2 Å². The topological polar surface area (TPSA) is 14.1 Å². The van der Waals surface area contributed by atoms with Crippen molar-refractivity contribution in [2.75, 3.05) is 0 Å². The van der Waals surface area contributed by atoms with Gasteiger partial charge in [-0.25, -0.2) is 0 Å². The summed E-state index contributed by atoms with van der Waals surface area (Å²) in [7, 11) is 1.98. The molecule has 0 N–H and O–H groups in total. The van der Waals surface area contributed by atoms with E-state index < -0.39 is 0 Å². The Kier molecular flexibility index (Phi) is 10.2. The van der Waals surface area contributed by atoms with Gasteiger partial charge < -0.3 is 30.1 Å². The van der Waals surface area contributed by atoms with Crippen molar-refractivity contribution in [2.45, 2.75) is 53.1 Å². The van der Waals surface area contributed by atoms with Crippen LogP contribution in [0.25, 0.3) is 5.32 Å². The summed E-state index contributed by atoms with van der Waals surface area (Å²) in [5.41, 5.74) is 6.78. The minimum absolute atomic E-state index is 0. The van der Waals surface area contributed by atoms with Gasteiger partial charge in [-0.2, -0.15) is 0 Å². The van der Waals surface area contributed by atoms with Gasteiger partial charge in [-0.1, -0.05) is 64.2 Å². The van der Waals surface area contributed by atoms with E-state index in [4.69, 9.17) is 5.32 Å². The largest absolute Gasteiger partial charge is 3.00 e. The molecular formula is C17H24Cl2NSiZr. The van der Waals surface area contributed by atoms with Crippen LogP contribution in [0.3, 0.4) is 0 Å². The van der Waals surface area contributed by atoms with Gasteiger partial charge in [0.25, 0.3) is 0 Å². The minimum Gasteiger partial charge on any atom is -1.00 e. The summed E-state index contributed by atoms with van der Waals surface area (Å²) in [5.74, 6) is 0. The van der Waals surface area contributed by atoms with Crippen molar-refractivity contribution in [3.63, 3.8) is 0 Å². The maximum absolute atomic E-state index is 5.13. The molecule has 0 aliphatic heterocycles. The average molecular weight is 433 g/mol. The normalized spacial score (nSPS) is 27.1. The average Bonchev–Trinajstić information content (AvgIpc) is 2.55. The van der Waals surface area contributed by atoms with Crippen LogP contribution in [0, 0.1) is 0 Å². The molecule has 2 aliphatic carbocycles. The smallest absolute Gasteiger partial charge is 1.00 e. The molecule has 0 saturated carbocycles. The monoisotopic (exact) mass is 430 g/mol. The van der Waals surface area contributed by atoms with E-state index in [9.17, 15) is 0 Å². The molecule has 2 unspecified atom stereocenters. The van der Waals surface area contributed by atoms with E-state index in [2.05, 4.69) is 59.8 Å². The van der Waals surface area contributed by atoms with E-state index in [0.29, 0.717) is 0 Å². The fraction of sp³-hybridized carbons (Fsp3) is 0.471. The quantitative estimate of drug-likeness (QED) is 0.429. The third-order valence-corrected chi connectivity index (χ3v) is 5.73. The molecule has 0 fully saturated rings. The summed E-state index contributed by atoms with van der Waals surface area (Å²) in [6.07, 6.45) is 6.75. The number of rotatable bonds is 2. The van der Waals surface area contributed by atoms with Gasteiger partial charge in [-0.15, -0.1) is 0 Å². The SMILES string of the molecule is CC1=CC(C)([N-]C2C=CC(C)=C(C)C2=[SiH2])C(C)=C1C.[Cl-].[Cl-].[Zr+3]. The van der Waals surface area contributed by atoms with E-state index in [0.717, 1.165) is 0 Å². The van der Waals surface area contributed by atoms with Crippen molar-refractivity contribution in [1.29, 1.82) is 0 Å². The number of allylic oxidation sites excluding steroid dienone is 4. The van der Waals surface area contributed by atoms with Crippen LogP contribution < -0.4 is 24.8 Å². The summed E-state index contributed by atoms with van der Waals surface area (Å²) in [5, 5.41) is 6.54. The maximum atomic E-state index is 5.13. The first kappa shape index (κ1) is 24.7. The molecule has 0 aromatic carbocycles. The van der Waals surface area contributed by atoms with Gasteiger partial charge in [0.05, 0.1) is 0 Å². The standard InChI is InChI=1S/C17H24NSi.2ClH.Zr/c1-10-7-8-15(16(19)13(10)4)18-17(6)9-11(2)12(3)14(17)5;;;/h7-9,15H,19H2,1-6H3;2*1H;/q-1;;;+3/p-2. The van der Waals surface area contributed by atoms with E-state index in [1.165, 1.54) is 33.0 Å². The van der Waals surface area contributed by atoms with Crippen LogP contribution >= 0.6 is 0 Å². The van der Waals surface area contributed by atoms with Crippen molar-refractivity contribution < 1.29 is 51.0 Å². The Bertz CT molecular complexity index is 575. The van der Waals surface area contributed by atoms with Crippen molar-refractivity contribution in [3.05, 3.63) is 51.4 Å². The first-order valence-electron chi connectivity index (χ1n) is 6.91. The summed E-state index contributed by atoms with van der Waals surface area (Å²) >= 11 is 0. The van der Waals surface area contributed by atoms with Gasteiger partial charge in [0.2, 0.25) is 0 Å². The molecule has 0 aromatic heterocycles. The van der Waals surface area contributed by atoms with Crippen LogP contribution in [0.2, 0.25) is 0 Å². The molecule has 2 rings (SSSR count). The molecular weight excluding hydrogens is 408 g/mol. The summed E-state index contributed by atoms with van der Waals surface area (Å²) in [6.45, 7) is 13.2. The van der Waals surface area contributed by atoms with E-state index >= 15 is 0 Å². The predicted octanol–water partition coefficient (Wildman–Crippen LogP) is -2.50. The molecule has 119 valence electrons. The van der Waals surface area contributed by atoms with Crippen LogP contribution in [0.4, 0.5) is 0 Å². The van der Waals surface area contributed by atoms with Gasteiger partial charge >= 0.3 is 26.2 Å². The summed E-state index contributed by atoms with van der Waals surface area (Å²) < 4.78 is 0. The molecule has 0 amide bonds. The second-order valence-corrected chi connectivity index (χ2v) is 6.75. The first-order valence-corrected chi connectivity index (χ1v) is 7.61. The van der Waals surface area contributed by atoms with Crippen LogP contribution in [0.15, 0.2) is 46.1 Å². The fourth-order valence-corrected chi connectivity index (χ4v) is 3.32. The third kappa shape index (κ3) is 4.51. The van der Waals surface area contributed by atoms with Gasteiger partial charge in [0.15, 0.2) is 0 Å². The Morgan fingerprint density at radius 3 is 2.05 bits per heavy atom. The minimum atomic E-state index is -0.138. The molecule has 0 bridgehead atoms. The molecule has 1 radical (unpaired) electrons.